The molecule has 6 heteroatoms. The molecule has 0 saturated heterocycles. The van der Waals surface area contributed by atoms with E-state index in [9.17, 15) is 9.59 Å². The number of carbonyl (C=O) groups is 2. The molecule has 0 fully saturated rings. The lowest BCUT2D eigenvalue weighted by Crippen LogP contribution is -2.21. The molecule has 0 radical (unpaired) electrons. The molecule has 5 nitrogen and oxygen atoms in total. The number of rotatable bonds is 5. The molecule has 0 heterocycles. The van der Waals surface area contributed by atoms with Gasteiger partial charge >= 0.3 is 0 Å². The highest BCUT2D eigenvalue weighted by atomic mass is 127. The molecular formula is C16H16IN3O2. The van der Waals surface area contributed by atoms with E-state index in [-0.39, 0.29) is 18.4 Å². The molecule has 0 aromatic heterocycles. The van der Waals surface area contributed by atoms with E-state index in [0.717, 1.165) is 14.9 Å². The molecule has 2 amide bonds. The predicted octanol–water partition coefficient (Wildman–Crippen LogP) is 3.30. The third-order valence-corrected chi connectivity index (χ3v) is 3.48. The van der Waals surface area contributed by atoms with E-state index >= 15 is 0 Å². The third kappa shape index (κ3) is 5.36. The zero-order valence-corrected chi connectivity index (χ0v) is 14.2. The summed E-state index contributed by atoms with van der Waals surface area (Å²) in [6.07, 6.45) is 0. The second-order valence-corrected chi connectivity index (χ2v) is 5.92. The van der Waals surface area contributed by atoms with Crippen LogP contribution < -0.4 is 16.0 Å². The lowest BCUT2D eigenvalue weighted by molar-refractivity contribution is -0.115. The van der Waals surface area contributed by atoms with E-state index in [1.165, 1.54) is 6.92 Å². The van der Waals surface area contributed by atoms with Crippen LogP contribution >= 0.6 is 22.6 Å². The largest absolute Gasteiger partial charge is 0.376 e. The zero-order chi connectivity index (χ0) is 15.9. The van der Waals surface area contributed by atoms with Gasteiger partial charge in [0, 0.05) is 27.6 Å². The van der Waals surface area contributed by atoms with Crippen LogP contribution in [-0.2, 0) is 9.59 Å². The van der Waals surface area contributed by atoms with Gasteiger partial charge in [-0.1, -0.05) is 6.07 Å². The third-order valence-electron chi connectivity index (χ3n) is 2.76. The van der Waals surface area contributed by atoms with E-state index in [2.05, 4.69) is 38.5 Å². The molecule has 0 aliphatic carbocycles. The highest BCUT2D eigenvalue weighted by molar-refractivity contribution is 14.1. The van der Waals surface area contributed by atoms with Crippen molar-refractivity contribution in [1.29, 1.82) is 0 Å². The Bertz CT molecular complexity index is 671. The summed E-state index contributed by atoms with van der Waals surface area (Å²) in [5.41, 5.74) is 2.22. The molecule has 2 rings (SSSR count). The molecule has 0 spiro atoms. The first-order chi connectivity index (χ1) is 10.5. The smallest absolute Gasteiger partial charge is 0.243 e. The van der Waals surface area contributed by atoms with Crippen molar-refractivity contribution < 1.29 is 9.59 Å². The maximum Gasteiger partial charge on any atom is 0.243 e. The van der Waals surface area contributed by atoms with Gasteiger partial charge in [-0.3, -0.25) is 9.59 Å². The first kappa shape index (κ1) is 16.3. The summed E-state index contributed by atoms with van der Waals surface area (Å²) in [5.74, 6) is -0.264. The average molecular weight is 409 g/mol. The van der Waals surface area contributed by atoms with Crippen molar-refractivity contribution in [2.45, 2.75) is 6.92 Å². The van der Waals surface area contributed by atoms with Crippen LogP contribution in [-0.4, -0.2) is 18.4 Å². The second kappa shape index (κ2) is 7.79. The first-order valence-electron chi connectivity index (χ1n) is 6.70. The standard InChI is InChI=1S/C16H16IN3O2/c1-11(21)19-15-4-2-3-14(9-15)18-10-16(22)20-13-7-5-12(17)6-8-13/h2-9,18H,10H2,1H3,(H,19,21)(H,20,22). The van der Waals surface area contributed by atoms with Gasteiger partial charge in [-0.15, -0.1) is 0 Å². The van der Waals surface area contributed by atoms with Gasteiger partial charge in [-0.25, -0.2) is 0 Å². The fourth-order valence-electron chi connectivity index (χ4n) is 1.83. The summed E-state index contributed by atoms with van der Waals surface area (Å²) in [5, 5.41) is 8.53. The van der Waals surface area contributed by atoms with Crippen molar-refractivity contribution in [2.75, 3.05) is 22.5 Å². The molecule has 0 bridgehead atoms. The van der Waals surface area contributed by atoms with E-state index in [0.29, 0.717) is 5.69 Å². The van der Waals surface area contributed by atoms with Crippen LogP contribution in [0.5, 0.6) is 0 Å². The van der Waals surface area contributed by atoms with Gasteiger partial charge in [-0.2, -0.15) is 0 Å². The van der Waals surface area contributed by atoms with Crippen LogP contribution in [0.4, 0.5) is 17.1 Å². The van der Waals surface area contributed by atoms with Crippen LogP contribution in [0.3, 0.4) is 0 Å². The fourth-order valence-corrected chi connectivity index (χ4v) is 2.19. The van der Waals surface area contributed by atoms with E-state index in [1.54, 1.807) is 12.1 Å². The minimum Gasteiger partial charge on any atom is -0.376 e. The van der Waals surface area contributed by atoms with Crippen molar-refractivity contribution in [2.24, 2.45) is 0 Å². The minimum absolute atomic E-state index is 0.131. The number of nitrogens with one attached hydrogen (secondary N) is 3. The molecule has 0 aliphatic heterocycles. The Hall–Kier alpha value is -2.09. The van der Waals surface area contributed by atoms with E-state index in [1.807, 2.05) is 36.4 Å². The van der Waals surface area contributed by atoms with E-state index in [4.69, 9.17) is 0 Å². The van der Waals surface area contributed by atoms with Crippen molar-refractivity contribution in [1.82, 2.24) is 0 Å². The normalized spacial score (nSPS) is 9.91. The van der Waals surface area contributed by atoms with Gasteiger partial charge < -0.3 is 16.0 Å². The van der Waals surface area contributed by atoms with Crippen LogP contribution in [0.15, 0.2) is 48.5 Å². The lowest BCUT2D eigenvalue weighted by Gasteiger charge is -2.09. The van der Waals surface area contributed by atoms with Crippen molar-refractivity contribution in [3.8, 4) is 0 Å². The van der Waals surface area contributed by atoms with Crippen molar-refractivity contribution in [3.63, 3.8) is 0 Å². The summed E-state index contributed by atoms with van der Waals surface area (Å²) in [4.78, 5) is 22.9. The number of amides is 2. The Morgan fingerprint density at radius 1 is 0.955 bits per heavy atom. The van der Waals surface area contributed by atoms with E-state index < -0.39 is 0 Å². The molecule has 114 valence electrons. The van der Waals surface area contributed by atoms with Gasteiger partial charge in [0.1, 0.15) is 0 Å². The molecule has 0 unspecified atom stereocenters. The summed E-state index contributed by atoms with van der Waals surface area (Å²) in [6.45, 7) is 1.60. The Morgan fingerprint density at radius 2 is 1.64 bits per heavy atom. The van der Waals surface area contributed by atoms with Crippen molar-refractivity contribution >= 4 is 51.5 Å². The summed E-state index contributed by atoms with van der Waals surface area (Å²) < 4.78 is 1.11. The van der Waals surface area contributed by atoms with Crippen LogP contribution in [0.2, 0.25) is 0 Å². The molecule has 3 N–H and O–H groups in total. The SMILES string of the molecule is CC(=O)Nc1cccc(NCC(=O)Nc2ccc(I)cc2)c1. The van der Waals surface area contributed by atoms with Gasteiger partial charge in [-0.05, 0) is 65.1 Å². The second-order valence-electron chi connectivity index (χ2n) is 4.67. The molecule has 22 heavy (non-hydrogen) atoms. The number of halogens is 1. The Balaban J connectivity index is 1.88. The molecule has 2 aromatic carbocycles. The summed E-state index contributed by atoms with van der Waals surface area (Å²) in [7, 11) is 0. The summed E-state index contributed by atoms with van der Waals surface area (Å²) in [6, 6.07) is 14.8. The Morgan fingerprint density at radius 3 is 2.32 bits per heavy atom. The van der Waals surface area contributed by atoms with Gasteiger partial charge in [0.05, 0.1) is 6.54 Å². The number of hydrogen-bond donors (Lipinski definition) is 3. The Labute approximate surface area is 142 Å². The average Bonchev–Trinajstić information content (AvgIpc) is 2.47. The van der Waals surface area contributed by atoms with Gasteiger partial charge in [0.25, 0.3) is 0 Å². The van der Waals surface area contributed by atoms with Crippen LogP contribution in [0.25, 0.3) is 0 Å². The zero-order valence-electron chi connectivity index (χ0n) is 12.0. The predicted molar refractivity (Wildman–Crippen MR) is 97.0 cm³/mol. The number of carbonyl (C=O) groups excluding carboxylic acids is 2. The highest BCUT2D eigenvalue weighted by Crippen LogP contribution is 2.15. The van der Waals surface area contributed by atoms with Gasteiger partial charge in [0.15, 0.2) is 0 Å². The maximum absolute atomic E-state index is 11.9. The van der Waals surface area contributed by atoms with Crippen LogP contribution in [0, 0.1) is 3.57 Å². The topological polar surface area (TPSA) is 70.2 Å². The number of anilines is 3. The van der Waals surface area contributed by atoms with Crippen LogP contribution in [0.1, 0.15) is 6.92 Å². The number of benzene rings is 2. The summed E-state index contributed by atoms with van der Waals surface area (Å²) >= 11 is 2.21. The molecule has 0 saturated carbocycles. The van der Waals surface area contributed by atoms with Gasteiger partial charge in [0.2, 0.25) is 11.8 Å². The Kier molecular flexibility index (Phi) is 5.76. The van der Waals surface area contributed by atoms with Crippen molar-refractivity contribution in [3.05, 3.63) is 52.1 Å². The highest BCUT2D eigenvalue weighted by Gasteiger charge is 2.03. The molecular weight excluding hydrogens is 393 g/mol. The molecule has 0 aliphatic rings. The molecule has 2 aromatic rings. The first-order valence-corrected chi connectivity index (χ1v) is 7.78. The fraction of sp³-hybridized carbons (Fsp3) is 0.125. The quantitative estimate of drug-likeness (QED) is 0.664. The molecule has 0 atom stereocenters. The lowest BCUT2D eigenvalue weighted by atomic mass is 10.2. The monoisotopic (exact) mass is 409 g/mol. The minimum atomic E-state index is -0.133. The maximum atomic E-state index is 11.9. The number of hydrogen-bond acceptors (Lipinski definition) is 3.